The maximum absolute atomic E-state index is 12.9. The largest absolute Gasteiger partial charge is 0.497 e. The second-order valence-electron chi connectivity index (χ2n) is 7.62. The van der Waals surface area contributed by atoms with E-state index in [4.69, 9.17) is 9.84 Å². The monoisotopic (exact) mass is 370 g/mol. The predicted octanol–water partition coefficient (Wildman–Crippen LogP) is 3.52. The van der Waals surface area contributed by atoms with Gasteiger partial charge in [-0.3, -0.25) is 4.79 Å². The molecule has 6 nitrogen and oxygen atoms in total. The van der Waals surface area contributed by atoms with Crippen molar-refractivity contribution in [1.29, 1.82) is 0 Å². The Morgan fingerprint density at radius 1 is 1.11 bits per heavy atom. The molecule has 1 heterocycles. The number of methoxy groups -OCH3 is 1. The summed E-state index contributed by atoms with van der Waals surface area (Å²) in [5.41, 5.74) is 1.36. The highest BCUT2D eigenvalue weighted by Gasteiger charge is 2.22. The Morgan fingerprint density at radius 3 is 2.26 bits per heavy atom. The summed E-state index contributed by atoms with van der Waals surface area (Å²) < 4.78 is 5.17. The van der Waals surface area contributed by atoms with Crippen LogP contribution in [0.5, 0.6) is 5.75 Å². The molecule has 1 aromatic carbocycles. The van der Waals surface area contributed by atoms with Crippen molar-refractivity contribution in [2.45, 2.75) is 27.2 Å². The van der Waals surface area contributed by atoms with Gasteiger partial charge in [-0.25, -0.2) is 9.78 Å². The summed E-state index contributed by atoms with van der Waals surface area (Å²) in [5, 5.41) is 8.96. The normalized spacial score (nSPS) is 11.1. The first-order valence-corrected chi connectivity index (χ1v) is 8.81. The Bertz CT molecular complexity index is 777. The Labute approximate surface area is 159 Å². The van der Waals surface area contributed by atoms with E-state index < -0.39 is 5.97 Å². The third kappa shape index (κ3) is 6.09. The molecule has 2 aromatic rings. The van der Waals surface area contributed by atoms with Crippen LogP contribution >= 0.6 is 0 Å². The van der Waals surface area contributed by atoms with Gasteiger partial charge in [0.2, 0.25) is 0 Å². The van der Waals surface area contributed by atoms with Crippen molar-refractivity contribution in [1.82, 2.24) is 9.88 Å². The van der Waals surface area contributed by atoms with E-state index in [0.717, 1.165) is 11.3 Å². The zero-order valence-corrected chi connectivity index (χ0v) is 16.2. The minimum atomic E-state index is -1.11. The lowest BCUT2D eigenvalue weighted by Gasteiger charge is -2.30. The van der Waals surface area contributed by atoms with Crippen LogP contribution in [0.4, 0.5) is 0 Å². The van der Waals surface area contributed by atoms with Crippen molar-refractivity contribution >= 4 is 11.9 Å². The fourth-order valence-electron chi connectivity index (χ4n) is 2.71. The van der Waals surface area contributed by atoms with Gasteiger partial charge in [0, 0.05) is 19.3 Å². The molecule has 27 heavy (non-hydrogen) atoms. The van der Waals surface area contributed by atoms with E-state index in [1.54, 1.807) is 12.0 Å². The van der Waals surface area contributed by atoms with Crippen LogP contribution in [-0.2, 0) is 6.42 Å². The van der Waals surface area contributed by atoms with Gasteiger partial charge in [-0.2, -0.15) is 0 Å². The summed E-state index contributed by atoms with van der Waals surface area (Å²) in [4.78, 5) is 29.5. The number of carboxylic acid groups (broad SMARTS) is 1. The van der Waals surface area contributed by atoms with Gasteiger partial charge in [-0.05, 0) is 41.7 Å². The Hall–Kier alpha value is -2.89. The highest BCUT2D eigenvalue weighted by Crippen LogP contribution is 2.19. The van der Waals surface area contributed by atoms with Gasteiger partial charge in [-0.15, -0.1) is 0 Å². The zero-order chi connectivity index (χ0) is 20.0. The number of carboxylic acids is 1. The summed E-state index contributed by atoms with van der Waals surface area (Å²) >= 11 is 0. The fraction of sp³-hybridized carbons (Fsp3) is 0.381. The molecule has 1 aromatic heterocycles. The van der Waals surface area contributed by atoms with Crippen LogP contribution in [0.1, 0.15) is 47.2 Å². The van der Waals surface area contributed by atoms with Gasteiger partial charge in [0.25, 0.3) is 5.91 Å². The molecule has 6 heteroatoms. The number of carbonyl (C=O) groups is 2. The van der Waals surface area contributed by atoms with E-state index >= 15 is 0 Å². The van der Waals surface area contributed by atoms with Crippen LogP contribution < -0.4 is 4.74 Å². The molecule has 0 atom stereocenters. The second kappa shape index (κ2) is 8.66. The zero-order valence-electron chi connectivity index (χ0n) is 16.2. The van der Waals surface area contributed by atoms with Gasteiger partial charge in [0.05, 0.1) is 12.7 Å². The van der Waals surface area contributed by atoms with Gasteiger partial charge < -0.3 is 14.7 Å². The number of nitrogens with zero attached hydrogens (tertiary/aromatic N) is 2. The number of hydrogen-bond acceptors (Lipinski definition) is 4. The van der Waals surface area contributed by atoms with Crippen LogP contribution in [0.25, 0.3) is 0 Å². The van der Waals surface area contributed by atoms with E-state index in [9.17, 15) is 9.59 Å². The SMILES string of the molecule is COc1ccc(CCN(CC(C)(C)C)C(=O)c2ccc(C(=O)O)nc2)cc1. The minimum Gasteiger partial charge on any atom is -0.497 e. The molecular formula is C21H26N2O4. The molecular weight excluding hydrogens is 344 g/mol. The van der Waals surface area contributed by atoms with E-state index in [0.29, 0.717) is 25.1 Å². The summed E-state index contributed by atoms with van der Waals surface area (Å²) in [6, 6.07) is 10.7. The van der Waals surface area contributed by atoms with Gasteiger partial charge >= 0.3 is 5.97 Å². The van der Waals surface area contributed by atoms with Crippen molar-refractivity contribution < 1.29 is 19.4 Å². The molecule has 0 saturated heterocycles. The molecule has 1 N–H and O–H groups in total. The third-order valence-corrected chi connectivity index (χ3v) is 4.01. The number of ether oxygens (including phenoxy) is 1. The highest BCUT2D eigenvalue weighted by molar-refractivity contribution is 5.95. The maximum Gasteiger partial charge on any atom is 0.354 e. The first kappa shape index (κ1) is 20.4. The van der Waals surface area contributed by atoms with E-state index in [-0.39, 0.29) is 17.0 Å². The van der Waals surface area contributed by atoms with Gasteiger partial charge in [0.1, 0.15) is 11.4 Å². The number of benzene rings is 1. The molecule has 1 amide bonds. The molecule has 0 saturated carbocycles. The van der Waals surface area contributed by atoms with E-state index in [1.165, 1.54) is 18.3 Å². The number of aromatic nitrogens is 1. The Balaban J connectivity index is 2.14. The van der Waals surface area contributed by atoms with Crippen molar-refractivity contribution in [3.05, 3.63) is 59.4 Å². The lowest BCUT2D eigenvalue weighted by atomic mass is 9.95. The minimum absolute atomic E-state index is 0.0655. The molecule has 2 rings (SSSR count). The number of pyridine rings is 1. The molecule has 0 bridgehead atoms. The molecule has 0 aliphatic rings. The van der Waals surface area contributed by atoms with Crippen molar-refractivity contribution in [2.24, 2.45) is 5.41 Å². The number of rotatable bonds is 7. The Kier molecular flexibility index (Phi) is 6.55. The van der Waals surface area contributed by atoms with Crippen LogP contribution in [-0.4, -0.2) is 47.1 Å². The molecule has 0 radical (unpaired) electrons. The van der Waals surface area contributed by atoms with Crippen molar-refractivity contribution in [3.63, 3.8) is 0 Å². The van der Waals surface area contributed by atoms with Crippen LogP contribution in [0.3, 0.4) is 0 Å². The summed E-state index contributed by atoms with van der Waals surface area (Å²) in [7, 11) is 1.63. The molecule has 0 fully saturated rings. The molecule has 144 valence electrons. The lowest BCUT2D eigenvalue weighted by Crippen LogP contribution is -2.39. The van der Waals surface area contributed by atoms with Crippen molar-refractivity contribution in [3.8, 4) is 5.75 Å². The van der Waals surface area contributed by atoms with Crippen molar-refractivity contribution in [2.75, 3.05) is 20.2 Å². The quantitative estimate of drug-likeness (QED) is 0.807. The standard InChI is InChI=1S/C21H26N2O4/c1-21(2,3)14-23(12-11-15-5-8-17(27-4)9-6-15)19(24)16-7-10-18(20(25)26)22-13-16/h5-10,13H,11-12,14H2,1-4H3,(H,25,26). The second-order valence-corrected chi connectivity index (χ2v) is 7.62. The highest BCUT2D eigenvalue weighted by atomic mass is 16.5. The number of aromatic carboxylic acids is 1. The first-order valence-electron chi connectivity index (χ1n) is 8.81. The lowest BCUT2D eigenvalue weighted by molar-refractivity contribution is 0.0679. The average molecular weight is 370 g/mol. The molecule has 0 unspecified atom stereocenters. The maximum atomic E-state index is 12.9. The predicted molar refractivity (Wildman–Crippen MR) is 103 cm³/mol. The third-order valence-electron chi connectivity index (χ3n) is 4.01. The Morgan fingerprint density at radius 2 is 1.78 bits per heavy atom. The van der Waals surface area contributed by atoms with Crippen LogP contribution in [0.2, 0.25) is 0 Å². The topological polar surface area (TPSA) is 79.7 Å². The first-order chi connectivity index (χ1) is 12.7. The van der Waals surface area contributed by atoms with Crippen LogP contribution in [0.15, 0.2) is 42.6 Å². The number of amides is 1. The fourth-order valence-corrected chi connectivity index (χ4v) is 2.71. The molecule has 0 spiro atoms. The van der Waals surface area contributed by atoms with Gasteiger partial charge in [0.15, 0.2) is 0 Å². The summed E-state index contributed by atoms with van der Waals surface area (Å²) in [6.07, 6.45) is 2.04. The molecule has 0 aliphatic heterocycles. The smallest absolute Gasteiger partial charge is 0.354 e. The van der Waals surface area contributed by atoms with Gasteiger partial charge in [-0.1, -0.05) is 32.9 Å². The number of carbonyl (C=O) groups excluding carboxylic acids is 1. The average Bonchev–Trinajstić information content (AvgIpc) is 2.64. The van der Waals surface area contributed by atoms with Crippen LogP contribution in [0, 0.1) is 5.41 Å². The van der Waals surface area contributed by atoms with E-state index in [2.05, 4.69) is 25.8 Å². The van der Waals surface area contributed by atoms with E-state index in [1.807, 2.05) is 24.3 Å². The number of hydrogen-bond donors (Lipinski definition) is 1. The molecule has 0 aliphatic carbocycles. The summed E-state index contributed by atoms with van der Waals surface area (Å²) in [6.45, 7) is 7.37. The summed E-state index contributed by atoms with van der Waals surface area (Å²) in [5.74, 6) is -0.464.